The van der Waals surface area contributed by atoms with Crippen LogP contribution in [0.25, 0.3) is 11.5 Å². The molecule has 4 rings (SSSR count). The number of nitrogens with one attached hydrogen (secondary N) is 1. The van der Waals surface area contributed by atoms with Crippen molar-refractivity contribution in [2.45, 2.75) is 5.22 Å². The number of aromatic nitrogens is 3. The van der Waals surface area contributed by atoms with E-state index in [1.807, 2.05) is 30.3 Å². The molecule has 1 aliphatic rings. The number of carbonyl (C=O) groups excluding carboxylic acids is 1. The second-order valence-electron chi connectivity index (χ2n) is 7.04. The van der Waals surface area contributed by atoms with Gasteiger partial charge in [0, 0.05) is 50.7 Å². The van der Waals surface area contributed by atoms with Gasteiger partial charge in [-0.2, -0.15) is 0 Å². The molecule has 1 N–H and O–H groups in total. The van der Waals surface area contributed by atoms with Crippen LogP contribution in [0.1, 0.15) is 0 Å². The van der Waals surface area contributed by atoms with Crippen molar-refractivity contribution in [3.8, 4) is 11.5 Å². The molecule has 0 atom stereocenters. The SMILES string of the molecule is C=CCN1CCN(c2ccccc2NC(=O)CSc2nnc(-c3ccncc3)o2)CC1. The van der Waals surface area contributed by atoms with Crippen LogP contribution in [0.4, 0.5) is 11.4 Å². The van der Waals surface area contributed by atoms with Gasteiger partial charge in [-0.3, -0.25) is 14.7 Å². The average molecular weight is 437 g/mol. The Bertz CT molecular complexity index is 1020. The molecule has 9 heteroatoms. The Hall–Kier alpha value is -3.17. The average Bonchev–Trinajstić information content (AvgIpc) is 3.29. The molecule has 0 saturated carbocycles. The van der Waals surface area contributed by atoms with Crippen molar-refractivity contribution in [1.82, 2.24) is 20.1 Å². The van der Waals surface area contributed by atoms with E-state index in [0.29, 0.717) is 11.1 Å². The van der Waals surface area contributed by atoms with Gasteiger partial charge in [0.25, 0.3) is 5.22 Å². The number of pyridine rings is 1. The van der Waals surface area contributed by atoms with Crippen molar-refractivity contribution < 1.29 is 9.21 Å². The second-order valence-corrected chi connectivity index (χ2v) is 7.97. The molecule has 0 bridgehead atoms. The van der Waals surface area contributed by atoms with E-state index in [1.165, 1.54) is 11.8 Å². The predicted octanol–water partition coefficient (Wildman–Crippen LogP) is 3.17. The number of thioether (sulfide) groups is 1. The van der Waals surface area contributed by atoms with E-state index in [1.54, 1.807) is 24.5 Å². The molecular formula is C22H24N6O2S. The third-order valence-electron chi connectivity index (χ3n) is 4.94. The second kappa shape index (κ2) is 10.2. The first-order valence-corrected chi connectivity index (χ1v) is 11.1. The highest BCUT2D eigenvalue weighted by atomic mass is 32.2. The Morgan fingerprint density at radius 3 is 2.68 bits per heavy atom. The highest BCUT2D eigenvalue weighted by molar-refractivity contribution is 7.99. The lowest BCUT2D eigenvalue weighted by molar-refractivity contribution is -0.113. The summed E-state index contributed by atoms with van der Waals surface area (Å²) in [5, 5.41) is 11.4. The van der Waals surface area contributed by atoms with Crippen LogP contribution in [-0.2, 0) is 4.79 Å². The lowest BCUT2D eigenvalue weighted by Crippen LogP contribution is -2.46. The van der Waals surface area contributed by atoms with Crippen LogP contribution in [0, 0.1) is 0 Å². The zero-order valence-electron chi connectivity index (χ0n) is 17.1. The van der Waals surface area contributed by atoms with Crippen molar-refractivity contribution >= 4 is 29.0 Å². The first-order valence-electron chi connectivity index (χ1n) is 10.1. The summed E-state index contributed by atoms with van der Waals surface area (Å²) in [5.74, 6) is 0.469. The van der Waals surface area contributed by atoms with Crippen LogP contribution in [0.2, 0.25) is 0 Å². The number of carbonyl (C=O) groups is 1. The summed E-state index contributed by atoms with van der Waals surface area (Å²) in [6.07, 6.45) is 5.26. The zero-order valence-corrected chi connectivity index (χ0v) is 17.9. The number of rotatable bonds is 8. The molecular weight excluding hydrogens is 412 g/mol. The van der Waals surface area contributed by atoms with Gasteiger partial charge >= 0.3 is 0 Å². The topological polar surface area (TPSA) is 87.4 Å². The van der Waals surface area contributed by atoms with Gasteiger partial charge in [0.15, 0.2) is 0 Å². The van der Waals surface area contributed by atoms with Gasteiger partial charge in [-0.15, -0.1) is 16.8 Å². The van der Waals surface area contributed by atoms with Crippen molar-refractivity contribution in [2.75, 3.05) is 48.7 Å². The maximum absolute atomic E-state index is 12.6. The number of nitrogens with zero attached hydrogens (tertiary/aromatic N) is 5. The fourth-order valence-electron chi connectivity index (χ4n) is 3.40. The Kier molecular flexibility index (Phi) is 6.96. The number of piperazine rings is 1. The smallest absolute Gasteiger partial charge is 0.277 e. The van der Waals surface area contributed by atoms with E-state index in [4.69, 9.17) is 4.42 Å². The van der Waals surface area contributed by atoms with Crippen LogP contribution in [-0.4, -0.2) is 64.5 Å². The minimum absolute atomic E-state index is 0.119. The summed E-state index contributed by atoms with van der Waals surface area (Å²) < 4.78 is 5.63. The summed E-state index contributed by atoms with van der Waals surface area (Å²) in [5.41, 5.74) is 2.64. The molecule has 3 heterocycles. The third kappa shape index (κ3) is 5.50. The molecule has 31 heavy (non-hydrogen) atoms. The third-order valence-corrected chi connectivity index (χ3v) is 5.76. The minimum Gasteiger partial charge on any atom is -0.411 e. The monoisotopic (exact) mass is 436 g/mol. The van der Waals surface area contributed by atoms with Gasteiger partial charge in [0.1, 0.15) is 0 Å². The van der Waals surface area contributed by atoms with Gasteiger partial charge in [0.05, 0.1) is 17.1 Å². The Labute approximate surface area is 185 Å². The molecule has 0 radical (unpaired) electrons. The van der Waals surface area contributed by atoms with Gasteiger partial charge in [0.2, 0.25) is 11.8 Å². The molecule has 2 aromatic heterocycles. The quantitative estimate of drug-likeness (QED) is 0.426. The molecule has 1 aliphatic heterocycles. The Morgan fingerprint density at radius 2 is 1.90 bits per heavy atom. The molecule has 1 saturated heterocycles. The number of hydrogen-bond acceptors (Lipinski definition) is 8. The lowest BCUT2D eigenvalue weighted by atomic mass is 10.2. The number of para-hydroxylation sites is 2. The number of hydrogen-bond donors (Lipinski definition) is 1. The molecule has 0 aliphatic carbocycles. The van der Waals surface area contributed by atoms with E-state index >= 15 is 0 Å². The minimum atomic E-state index is -0.119. The summed E-state index contributed by atoms with van der Waals surface area (Å²) in [7, 11) is 0. The maximum atomic E-state index is 12.6. The fourth-order valence-corrected chi connectivity index (χ4v) is 3.96. The number of amides is 1. The summed E-state index contributed by atoms with van der Waals surface area (Å²) in [4.78, 5) is 21.2. The summed E-state index contributed by atoms with van der Waals surface area (Å²) in [6.45, 7) is 8.49. The molecule has 0 unspecified atom stereocenters. The first kappa shape index (κ1) is 21.1. The van der Waals surface area contributed by atoms with E-state index in [2.05, 4.69) is 36.9 Å². The van der Waals surface area contributed by atoms with Crippen molar-refractivity contribution in [1.29, 1.82) is 0 Å². The van der Waals surface area contributed by atoms with Crippen molar-refractivity contribution in [3.63, 3.8) is 0 Å². The van der Waals surface area contributed by atoms with Crippen LogP contribution in [0.3, 0.4) is 0 Å². The van der Waals surface area contributed by atoms with E-state index in [-0.39, 0.29) is 11.7 Å². The van der Waals surface area contributed by atoms with Crippen molar-refractivity contribution in [2.24, 2.45) is 0 Å². The normalized spacial score (nSPS) is 14.4. The first-order chi connectivity index (χ1) is 15.2. The van der Waals surface area contributed by atoms with Crippen molar-refractivity contribution in [3.05, 3.63) is 61.4 Å². The highest BCUT2D eigenvalue weighted by Gasteiger charge is 2.19. The predicted molar refractivity (Wildman–Crippen MR) is 122 cm³/mol. The van der Waals surface area contributed by atoms with Crippen LogP contribution in [0.15, 0.2) is 71.1 Å². The summed E-state index contributed by atoms with van der Waals surface area (Å²) >= 11 is 1.21. The standard InChI is InChI=1S/C22H24N6O2S/c1-2-11-27-12-14-28(15-13-27)19-6-4-3-5-18(19)24-20(29)16-31-22-26-25-21(30-22)17-7-9-23-10-8-17/h2-10H,1,11-16H2,(H,24,29). The number of anilines is 2. The fraction of sp³-hybridized carbons (Fsp3) is 0.273. The Morgan fingerprint density at radius 1 is 1.13 bits per heavy atom. The van der Waals surface area contributed by atoms with Crippen LogP contribution in [0.5, 0.6) is 0 Å². The zero-order chi connectivity index (χ0) is 21.5. The molecule has 1 amide bonds. The van der Waals surface area contributed by atoms with Crippen LogP contribution >= 0.6 is 11.8 Å². The maximum Gasteiger partial charge on any atom is 0.277 e. The lowest BCUT2D eigenvalue weighted by Gasteiger charge is -2.36. The molecule has 0 spiro atoms. The molecule has 3 aromatic rings. The van der Waals surface area contributed by atoms with E-state index in [0.717, 1.165) is 49.7 Å². The van der Waals surface area contributed by atoms with Crippen LogP contribution < -0.4 is 10.2 Å². The highest BCUT2D eigenvalue weighted by Crippen LogP contribution is 2.27. The van der Waals surface area contributed by atoms with Gasteiger partial charge in [-0.25, -0.2) is 0 Å². The molecule has 160 valence electrons. The van der Waals surface area contributed by atoms with Gasteiger partial charge in [-0.1, -0.05) is 30.0 Å². The molecule has 8 nitrogen and oxygen atoms in total. The number of benzene rings is 1. The van der Waals surface area contributed by atoms with Gasteiger partial charge in [-0.05, 0) is 24.3 Å². The van der Waals surface area contributed by atoms with E-state index < -0.39 is 0 Å². The largest absolute Gasteiger partial charge is 0.411 e. The Balaban J connectivity index is 1.33. The molecule has 1 fully saturated rings. The van der Waals surface area contributed by atoms with E-state index in [9.17, 15) is 4.79 Å². The molecule has 1 aromatic carbocycles. The van der Waals surface area contributed by atoms with Gasteiger partial charge < -0.3 is 14.6 Å². The summed E-state index contributed by atoms with van der Waals surface area (Å²) in [6, 6.07) is 11.5.